The fraction of sp³-hybridized carbons (Fsp3) is 0.370. The van der Waals surface area contributed by atoms with Crippen molar-refractivity contribution in [3.05, 3.63) is 125 Å². The first-order chi connectivity index (χ1) is 28.2. The molecule has 0 saturated carbocycles. The van der Waals surface area contributed by atoms with Gasteiger partial charge in [0.15, 0.2) is 0 Å². The van der Waals surface area contributed by atoms with E-state index in [1.54, 1.807) is 17.0 Å². The normalized spacial score (nSPS) is 19.6. The third kappa shape index (κ3) is 8.61. The Morgan fingerprint density at radius 1 is 0.707 bits per heavy atom. The standard InChI is InChI=1S/C46H53BN6O5/c1-2-40(33-7-4-3-5-8-33)44(34-9-13-37(14-10-34)47(57)58)35-11-15-38(16-12-35)51-27-23-49(24-28-51)21-6-22-50-25-29-52(30-26-50)39-17-18-41-36(31-39)32-53(46(41)56)42-19-20-43(54)48-45(42)55/h3-5,7-18,31,42,57-58H,2,6,19-30,32H2,1H3,(H,48,54,55)/b44-40+. The fourth-order valence-corrected chi connectivity index (χ4v) is 9.08. The Kier molecular flexibility index (Phi) is 12.1. The van der Waals surface area contributed by atoms with Crippen LogP contribution >= 0.6 is 0 Å². The molecule has 4 aromatic rings. The lowest BCUT2D eigenvalue weighted by Gasteiger charge is -2.38. The molecule has 0 aliphatic carbocycles. The Bertz CT molecular complexity index is 2130. The van der Waals surface area contributed by atoms with Crippen molar-refractivity contribution in [1.82, 2.24) is 20.0 Å². The van der Waals surface area contributed by atoms with Crippen LogP contribution in [0.1, 0.15) is 65.2 Å². The number of hydrogen-bond donors (Lipinski definition) is 3. The molecule has 0 radical (unpaired) electrons. The number of rotatable bonds is 12. The minimum Gasteiger partial charge on any atom is -0.423 e. The van der Waals surface area contributed by atoms with Crippen LogP contribution in [-0.4, -0.2) is 121 Å². The second-order valence-corrected chi connectivity index (χ2v) is 15.9. The van der Waals surface area contributed by atoms with Gasteiger partial charge in [0, 0.05) is 82.3 Å². The number of fused-ring (bicyclic) bond motifs is 1. The maximum absolute atomic E-state index is 13.1. The molecule has 4 aliphatic rings. The molecule has 0 bridgehead atoms. The van der Waals surface area contributed by atoms with Crippen molar-refractivity contribution in [3.8, 4) is 0 Å². The van der Waals surface area contributed by atoms with Crippen LogP contribution in [0.4, 0.5) is 11.4 Å². The van der Waals surface area contributed by atoms with Gasteiger partial charge in [-0.05, 0) is 102 Å². The van der Waals surface area contributed by atoms with Gasteiger partial charge >= 0.3 is 7.12 Å². The molecule has 4 aromatic carbocycles. The lowest BCUT2D eigenvalue weighted by atomic mass is 9.79. The van der Waals surface area contributed by atoms with Crippen molar-refractivity contribution in [2.24, 2.45) is 0 Å². The number of nitrogens with one attached hydrogen (secondary N) is 1. The number of hydrogen-bond acceptors (Lipinski definition) is 9. The zero-order chi connectivity index (χ0) is 40.2. The Balaban J connectivity index is 0.807. The molecular formula is C46H53BN6O5. The molecule has 12 heteroatoms. The maximum Gasteiger partial charge on any atom is 0.488 e. The molecule has 4 aliphatic heterocycles. The maximum atomic E-state index is 13.1. The summed E-state index contributed by atoms with van der Waals surface area (Å²) in [6.07, 6.45) is 2.63. The highest BCUT2D eigenvalue weighted by Gasteiger charge is 2.39. The van der Waals surface area contributed by atoms with Gasteiger partial charge in [-0.25, -0.2) is 0 Å². The Labute approximate surface area is 341 Å². The van der Waals surface area contributed by atoms with E-state index in [1.165, 1.54) is 16.8 Å². The predicted octanol–water partition coefficient (Wildman–Crippen LogP) is 3.83. The number of allylic oxidation sites excluding steroid dienone is 1. The summed E-state index contributed by atoms with van der Waals surface area (Å²) in [6, 6.07) is 32.4. The summed E-state index contributed by atoms with van der Waals surface area (Å²) in [5.74, 6) is -0.779. The molecule has 4 heterocycles. The molecule has 3 N–H and O–H groups in total. The number of amides is 3. The lowest BCUT2D eigenvalue weighted by molar-refractivity contribution is -0.136. The first kappa shape index (κ1) is 39.6. The zero-order valence-corrected chi connectivity index (χ0v) is 33.4. The third-order valence-electron chi connectivity index (χ3n) is 12.4. The number of carbonyl (C=O) groups excluding carboxylic acids is 3. The first-order valence-electron chi connectivity index (χ1n) is 20.8. The van der Waals surface area contributed by atoms with Gasteiger partial charge in [-0.3, -0.25) is 29.5 Å². The minimum atomic E-state index is -1.49. The molecular weight excluding hydrogens is 727 g/mol. The smallest absolute Gasteiger partial charge is 0.423 e. The molecule has 8 rings (SSSR count). The molecule has 300 valence electrons. The van der Waals surface area contributed by atoms with Gasteiger partial charge in [-0.2, -0.15) is 0 Å². The Morgan fingerprint density at radius 2 is 1.29 bits per heavy atom. The Morgan fingerprint density at radius 3 is 1.88 bits per heavy atom. The number of carbonyl (C=O) groups is 3. The first-order valence-corrected chi connectivity index (χ1v) is 20.8. The van der Waals surface area contributed by atoms with Gasteiger partial charge in [-0.15, -0.1) is 0 Å². The van der Waals surface area contributed by atoms with Crippen molar-refractivity contribution in [3.63, 3.8) is 0 Å². The minimum absolute atomic E-state index is 0.130. The van der Waals surface area contributed by atoms with Crippen molar-refractivity contribution in [2.45, 2.75) is 45.2 Å². The highest BCUT2D eigenvalue weighted by atomic mass is 16.4. The van der Waals surface area contributed by atoms with E-state index in [0.717, 1.165) is 106 Å². The van der Waals surface area contributed by atoms with Gasteiger partial charge in [0.05, 0.1) is 0 Å². The summed E-state index contributed by atoms with van der Waals surface area (Å²) in [4.78, 5) is 48.9. The van der Waals surface area contributed by atoms with Gasteiger partial charge in [-0.1, -0.05) is 73.7 Å². The molecule has 0 aromatic heterocycles. The summed E-state index contributed by atoms with van der Waals surface area (Å²) in [6.45, 7) is 12.7. The fourth-order valence-electron chi connectivity index (χ4n) is 9.08. The van der Waals surface area contributed by atoms with Crippen LogP contribution in [0.2, 0.25) is 0 Å². The molecule has 3 saturated heterocycles. The van der Waals surface area contributed by atoms with Crippen LogP contribution in [0.5, 0.6) is 0 Å². The van der Waals surface area contributed by atoms with Crippen molar-refractivity contribution < 1.29 is 24.4 Å². The second-order valence-electron chi connectivity index (χ2n) is 15.9. The van der Waals surface area contributed by atoms with Gasteiger partial charge in [0.25, 0.3) is 5.91 Å². The number of nitrogens with zero attached hydrogens (tertiary/aromatic N) is 5. The van der Waals surface area contributed by atoms with Gasteiger partial charge in [0.1, 0.15) is 6.04 Å². The summed E-state index contributed by atoms with van der Waals surface area (Å²) >= 11 is 0. The highest BCUT2D eigenvalue weighted by Crippen LogP contribution is 2.35. The number of benzene rings is 4. The lowest BCUT2D eigenvalue weighted by Crippen LogP contribution is -2.52. The van der Waals surface area contributed by atoms with Crippen LogP contribution in [0, 0.1) is 0 Å². The van der Waals surface area contributed by atoms with Crippen molar-refractivity contribution >= 4 is 52.8 Å². The number of piperidine rings is 1. The topological polar surface area (TPSA) is 120 Å². The van der Waals surface area contributed by atoms with Gasteiger partial charge in [0.2, 0.25) is 11.8 Å². The van der Waals surface area contributed by atoms with Crippen LogP contribution in [0.15, 0.2) is 97.1 Å². The SMILES string of the molecule is CC/C(=C(/c1ccc(B(O)O)cc1)c1ccc(N2CCN(CCCN3CCN(c4ccc5c(c4)CN(C4CCC(=O)NC4=O)C5=O)CC3)CC2)cc1)c1ccccc1. The van der Waals surface area contributed by atoms with E-state index in [4.69, 9.17) is 0 Å². The van der Waals surface area contributed by atoms with Crippen LogP contribution in [-0.2, 0) is 16.1 Å². The van der Waals surface area contributed by atoms with Crippen LogP contribution in [0.3, 0.4) is 0 Å². The predicted molar refractivity (Wildman–Crippen MR) is 230 cm³/mol. The monoisotopic (exact) mass is 780 g/mol. The molecule has 58 heavy (non-hydrogen) atoms. The van der Waals surface area contributed by atoms with E-state index in [9.17, 15) is 24.4 Å². The number of imide groups is 1. The van der Waals surface area contributed by atoms with E-state index >= 15 is 0 Å². The molecule has 0 spiro atoms. The van der Waals surface area contributed by atoms with Gasteiger partial charge < -0.3 is 24.7 Å². The van der Waals surface area contributed by atoms with Crippen molar-refractivity contribution in [2.75, 3.05) is 75.2 Å². The van der Waals surface area contributed by atoms with E-state index in [0.29, 0.717) is 24.0 Å². The van der Waals surface area contributed by atoms with E-state index in [2.05, 4.69) is 86.4 Å². The summed E-state index contributed by atoms with van der Waals surface area (Å²) in [5.41, 5.74) is 10.2. The average molecular weight is 781 g/mol. The highest BCUT2D eigenvalue weighted by molar-refractivity contribution is 6.58. The van der Waals surface area contributed by atoms with E-state index in [1.807, 2.05) is 30.3 Å². The molecule has 11 nitrogen and oxygen atoms in total. The quantitative estimate of drug-likeness (QED) is 0.112. The summed E-state index contributed by atoms with van der Waals surface area (Å²) < 4.78 is 0. The molecule has 1 unspecified atom stereocenters. The third-order valence-corrected chi connectivity index (χ3v) is 12.4. The molecule has 3 amide bonds. The molecule has 1 atom stereocenters. The van der Waals surface area contributed by atoms with Crippen molar-refractivity contribution in [1.29, 1.82) is 0 Å². The van der Waals surface area contributed by atoms with E-state index < -0.39 is 13.2 Å². The average Bonchev–Trinajstić information content (AvgIpc) is 3.58. The summed E-state index contributed by atoms with van der Waals surface area (Å²) in [7, 11) is -1.49. The molecule has 3 fully saturated rings. The largest absolute Gasteiger partial charge is 0.488 e. The van der Waals surface area contributed by atoms with Crippen LogP contribution in [0.25, 0.3) is 11.1 Å². The number of piperazine rings is 2. The summed E-state index contributed by atoms with van der Waals surface area (Å²) in [5, 5.41) is 21.8. The van der Waals surface area contributed by atoms with Crippen LogP contribution < -0.4 is 20.6 Å². The zero-order valence-electron chi connectivity index (χ0n) is 33.4. The second kappa shape index (κ2) is 17.7. The van der Waals surface area contributed by atoms with E-state index in [-0.39, 0.29) is 24.1 Å². The number of anilines is 2. The Hall–Kier alpha value is -5.27.